The van der Waals surface area contributed by atoms with E-state index in [0.29, 0.717) is 0 Å². The Morgan fingerprint density at radius 1 is 1.10 bits per heavy atom. The number of benzene rings is 2. The molecule has 8 heteroatoms. The molecular formula is C13H12F2N2O3S. The molecule has 0 aliphatic rings. The Labute approximate surface area is 120 Å². The molecule has 0 aliphatic heterocycles. The van der Waals surface area contributed by atoms with Crippen molar-refractivity contribution in [2.75, 3.05) is 12.8 Å². The Hall–Kier alpha value is -2.19. The van der Waals surface area contributed by atoms with E-state index >= 15 is 0 Å². The zero-order valence-electron chi connectivity index (χ0n) is 10.9. The predicted octanol–water partition coefficient (Wildman–Crippen LogP) is 2.25. The van der Waals surface area contributed by atoms with E-state index in [4.69, 9.17) is 10.5 Å². The predicted molar refractivity (Wildman–Crippen MR) is 73.5 cm³/mol. The van der Waals surface area contributed by atoms with Crippen LogP contribution in [0.1, 0.15) is 0 Å². The van der Waals surface area contributed by atoms with Gasteiger partial charge in [-0.25, -0.2) is 21.9 Å². The highest BCUT2D eigenvalue weighted by atomic mass is 32.2. The summed E-state index contributed by atoms with van der Waals surface area (Å²) in [6.45, 7) is 0. The lowest BCUT2D eigenvalue weighted by Crippen LogP contribution is -2.18. The minimum Gasteiger partial charge on any atom is -0.452 e. The molecule has 0 atom stereocenters. The first-order valence-corrected chi connectivity index (χ1v) is 7.28. The molecule has 5 nitrogen and oxygen atoms in total. The van der Waals surface area contributed by atoms with Gasteiger partial charge >= 0.3 is 0 Å². The molecule has 0 spiro atoms. The van der Waals surface area contributed by atoms with Crippen LogP contribution >= 0.6 is 0 Å². The maximum absolute atomic E-state index is 13.5. The number of sulfonamides is 1. The average Bonchev–Trinajstić information content (AvgIpc) is 2.45. The van der Waals surface area contributed by atoms with E-state index < -0.39 is 21.7 Å². The van der Waals surface area contributed by atoms with Crippen LogP contribution in [0, 0.1) is 11.6 Å². The lowest BCUT2D eigenvalue weighted by atomic mass is 10.3. The van der Waals surface area contributed by atoms with E-state index in [1.165, 1.54) is 19.2 Å². The SMILES string of the molecule is CNS(=O)(=O)c1ccc(N)c(Oc2cc(F)ccc2F)c1. The van der Waals surface area contributed by atoms with E-state index in [9.17, 15) is 17.2 Å². The third-order valence-electron chi connectivity index (χ3n) is 2.68. The van der Waals surface area contributed by atoms with Crippen molar-refractivity contribution in [3.63, 3.8) is 0 Å². The first-order chi connectivity index (χ1) is 9.83. The summed E-state index contributed by atoms with van der Waals surface area (Å²) in [5.41, 5.74) is 5.75. The van der Waals surface area contributed by atoms with E-state index in [0.717, 1.165) is 24.3 Å². The van der Waals surface area contributed by atoms with Crippen LogP contribution in [-0.4, -0.2) is 15.5 Å². The molecular weight excluding hydrogens is 302 g/mol. The molecule has 0 saturated carbocycles. The highest BCUT2D eigenvalue weighted by Crippen LogP contribution is 2.31. The van der Waals surface area contributed by atoms with Crippen molar-refractivity contribution in [1.82, 2.24) is 4.72 Å². The second kappa shape index (κ2) is 5.66. The number of anilines is 1. The number of nitrogens with one attached hydrogen (secondary N) is 1. The van der Waals surface area contributed by atoms with Crippen molar-refractivity contribution in [3.05, 3.63) is 48.0 Å². The minimum absolute atomic E-state index is 0.0872. The Morgan fingerprint density at radius 2 is 1.81 bits per heavy atom. The van der Waals surface area contributed by atoms with Crippen molar-refractivity contribution in [2.45, 2.75) is 4.90 Å². The third kappa shape index (κ3) is 3.29. The summed E-state index contributed by atoms with van der Waals surface area (Å²) in [6.07, 6.45) is 0. The van der Waals surface area contributed by atoms with Crippen LogP contribution in [0.3, 0.4) is 0 Å². The fraction of sp³-hybridized carbons (Fsp3) is 0.0769. The summed E-state index contributed by atoms with van der Waals surface area (Å²) in [6, 6.07) is 6.38. The zero-order valence-corrected chi connectivity index (χ0v) is 11.7. The standard InChI is InChI=1S/C13H12F2N2O3S/c1-17-21(18,19)9-3-5-11(16)13(7-9)20-12-6-8(14)2-4-10(12)15/h2-7,17H,16H2,1H3. The number of halogens is 2. The highest BCUT2D eigenvalue weighted by Gasteiger charge is 2.15. The van der Waals surface area contributed by atoms with E-state index in [1.807, 2.05) is 0 Å². The zero-order chi connectivity index (χ0) is 15.6. The normalized spacial score (nSPS) is 11.4. The van der Waals surface area contributed by atoms with Crippen LogP contribution in [0.5, 0.6) is 11.5 Å². The average molecular weight is 314 g/mol. The van der Waals surface area contributed by atoms with Gasteiger partial charge in [-0.3, -0.25) is 0 Å². The van der Waals surface area contributed by atoms with Crippen LogP contribution < -0.4 is 15.2 Å². The van der Waals surface area contributed by atoms with E-state index in [1.54, 1.807) is 0 Å². The number of ether oxygens (including phenoxy) is 1. The van der Waals surface area contributed by atoms with E-state index in [2.05, 4.69) is 4.72 Å². The van der Waals surface area contributed by atoms with Gasteiger partial charge in [0, 0.05) is 12.1 Å². The third-order valence-corrected chi connectivity index (χ3v) is 4.09. The van der Waals surface area contributed by atoms with Gasteiger partial charge in [0.25, 0.3) is 0 Å². The number of nitrogens with two attached hydrogens (primary N) is 1. The molecule has 0 bridgehead atoms. The van der Waals surface area contributed by atoms with Crippen LogP contribution in [0.15, 0.2) is 41.3 Å². The van der Waals surface area contributed by atoms with Crippen LogP contribution in [0.25, 0.3) is 0 Å². The largest absolute Gasteiger partial charge is 0.452 e. The summed E-state index contributed by atoms with van der Waals surface area (Å²) < 4.78 is 57.3. The number of nitrogen functional groups attached to an aromatic ring is 1. The first-order valence-electron chi connectivity index (χ1n) is 5.79. The molecule has 21 heavy (non-hydrogen) atoms. The molecule has 0 aromatic heterocycles. The molecule has 0 unspecified atom stereocenters. The van der Waals surface area contributed by atoms with Gasteiger partial charge in [-0.05, 0) is 31.3 Å². The summed E-state index contributed by atoms with van der Waals surface area (Å²) in [5, 5.41) is 0. The highest BCUT2D eigenvalue weighted by molar-refractivity contribution is 7.89. The van der Waals surface area contributed by atoms with Gasteiger partial charge in [-0.2, -0.15) is 0 Å². The Kier molecular flexibility index (Phi) is 4.10. The molecule has 0 radical (unpaired) electrons. The second-order valence-electron chi connectivity index (χ2n) is 4.08. The van der Waals surface area contributed by atoms with Gasteiger partial charge in [0.1, 0.15) is 5.82 Å². The molecule has 2 aromatic rings. The van der Waals surface area contributed by atoms with Crippen molar-refractivity contribution in [2.24, 2.45) is 0 Å². The van der Waals surface area contributed by atoms with Crippen LogP contribution in [-0.2, 0) is 10.0 Å². The maximum Gasteiger partial charge on any atom is 0.240 e. The second-order valence-corrected chi connectivity index (χ2v) is 5.97. The van der Waals surface area contributed by atoms with Crippen molar-refractivity contribution < 1.29 is 21.9 Å². The minimum atomic E-state index is -3.70. The molecule has 0 aliphatic carbocycles. The smallest absolute Gasteiger partial charge is 0.240 e. The molecule has 3 N–H and O–H groups in total. The molecule has 112 valence electrons. The van der Waals surface area contributed by atoms with Gasteiger partial charge in [-0.15, -0.1) is 0 Å². The summed E-state index contributed by atoms with van der Waals surface area (Å²) in [5.74, 6) is -1.96. The molecule has 0 saturated heterocycles. The summed E-state index contributed by atoms with van der Waals surface area (Å²) in [7, 11) is -2.45. The van der Waals surface area contributed by atoms with Gasteiger partial charge in [0.05, 0.1) is 10.6 Å². The Bertz CT molecular complexity index is 779. The molecule has 0 heterocycles. The Balaban J connectivity index is 2.45. The lowest BCUT2D eigenvalue weighted by molar-refractivity contribution is 0.437. The molecule has 0 fully saturated rings. The monoisotopic (exact) mass is 314 g/mol. The fourth-order valence-electron chi connectivity index (χ4n) is 1.56. The molecule has 2 rings (SSSR count). The van der Waals surface area contributed by atoms with Gasteiger partial charge < -0.3 is 10.5 Å². The molecule has 2 aromatic carbocycles. The maximum atomic E-state index is 13.5. The van der Waals surface area contributed by atoms with Crippen molar-refractivity contribution in [1.29, 1.82) is 0 Å². The van der Waals surface area contributed by atoms with Crippen LogP contribution in [0.4, 0.5) is 14.5 Å². The summed E-state index contributed by atoms with van der Waals surface area (Å²) >= 11 is 0. The quantitative estimate of drug-likeness (QED) is 0.848. The van der Waals surface area contributed by atoms with Gasteiger partial charge in [-0.1, -0.05) is 0 Å². The topological polar surface area (TPSA) is 81.4 Å². The van der Waals surface area contributed by atoms with E-state index in [-0.39, 0.29) is 22.1 Å². The fourth-order valence-corrected chi connectivity index (χ4v) is 2.31. The first kappa shape index (κ1) is 15.2. The lowest BCUT2D eigenvalue weighted by Gasteiger charge is -2.11. The van der Waals surface area contributed by atoms with Crippen molar-refractivity contribution in [3.8, 4) is 11.5 Å². The van der Waals surface area contributed by atoms with Gasteiger partial charge in [0.2, 0.25) is 10.0 Å². The number of rotatable bonds is 4. The van der Waals surface area contributed by atoms with Crippen LogP contribution in [0.2, 0.25) is 0 Å². The number of hydrogen-bond donors (Lipinski definition) is 2. The number of hydrogen-bond acceptors (Lipinski definition) is 4. The summed E-state index contributed by atoms with van der Waals surface area (Å²) in [4.78, 5) is -0.106. The van der Waals surface area contributed by atoms with Gasteiger partial charge in [0.15, 0.2) is 17.3 Å². The Morgan fingerprint density at radius 3 is 2.48 bits per heavy atom. The van der Waals surface area contributed by atoms with Crippen molar-refractivity contribution >= 4 is 15.7 Å². The molecule has 0 amide bonds.